The summed E-state index contributed by atoms with van der Waals surface area (Å²) in [5.41, 5.74) is 3.67. The van der Waals surface area contributed by atoms with Crippen molar-refractivity contribution in [2.75, 3.05) is 26.2 Å². The molecule has 1 amide bonds. The Hall–Kier alpha value is -3.30. The van der Waals surface area contributed by atoms with Crippen molar-refractivity contribution in [1.29, 1.82) is 0 Å². The molecule has 0 radical (unpaired) electrons. The van der Waals surface area contributed by atoms with E-state index in [0.29, 0.717) is 63.3 Å². The number of carbonyl (C=O) groups is 1. The van der Waals surface area contributed by atoms with E-state index < -0.39 is 35.0 Å². The average Bonchev–Trinajstić information content (AvgIpc) is 3.81. The smallest absolute Gasteiger partial charge is 0.392 e. The van der Waals surface area contributed by atoms with Crippen LogP contribution in [0.15, 0.2) is 54.6 Å². The maximum atomic E-state index is 14.0. The van der Waals surface area contributed by atoms with Gasteiger partial charge in [0.25, 0.3) is 5.91 Å². The van der Waals surface area contributed by atoms with Crippen molar-refractivity contribution in [2.45, 2.75) is 44.5 Å². The number of carbonyl (C=O) groups excluding carboxylic acids is 1. The van der Waals surface area contributed by atoms with E-state index in [1.807, 2.05) is 5.01 Å². The van der Waals surface area contributed by atoms with Crippen LogP contribution in [-0.2, 0) is 24.0 Å². The van der Waals surface area contributed by atoms with Crippen molar-refractivity contribution in [1.82, 2.24) is 29.6 Å². The van der Waals surface area contributed by atoms with Gasteiger partial charge in [-0.3, -0.25) is 14.8 Å². The molecule has 2 saturated heterocycles. The van der Waals surface area contributed by atoms with Crippen LogP contribution < -0.4 is 5.43 Å². The molecule has 0 bridgehead atoms. The van der Waals surface area contributed by atoms with Gasteiger partial charge in [0, 0.05) is 42.3 Å². The molecule has 2 aromatic heterocycles. The van der Waals surface area contributed by atoms with E-state index in [2.05, 4.69) is 17.3 Å². The van der Waals surface area contributed by atoms with Crippen molar-refractivity contribution >= 4 is 51.7 Å². The second-order valence-electron chi connectivity index (χ2n) is 11.8. The van der Waals surface area contributed by atoms with Gasteiger partial charge in [0.1, 0.15) is 0 Å². The Bertz CT molecular complexity index is 1950. The minimum Gasteiger partial charge on any atom is -0.392 e. The highest BCUT2D eigenvalue weighted by atomic mass is 35.5. The third-order valence-corrected chi connectivity index (χ3v) is 10.5. The fourth-order valence-corrected chi connectivity index (χ4v) is 7.78. The van der Waals surface area contributed by atoms with Crippen molar-refractivity contribution in [3.8, 4) is 28.1 Å². The number of amides is 1. The molecule has 0 spiro atoms. The Kier molecular flexibility index (Phi) is 11.3. The van der Waals surface area contributed by atoms with Crippen LogP contribution >= 0.6 is 34.5 Å². The van der Waals surface area contributed by atoms with E-state index in [4.69, 9.17) is 28.3 Å². The van der Waals surface area contributed by atoms with Crippen LogP contribution in [0.1, 0.15) is 57.7 Å². The lowest BCUT2D eigenvalue weighted by Crippen LogP contribution is -2.46. The van der Waals surface area contributed by atoms with Gasteiger partial charge in [-0.25, -0.2) is 18.9 Å². The summed E-state index contributed by atoms with van der Waals surface area (Å²) in [6.45, 7) is 1.52. The molecular weight excluding hydrogens is 736 g/mol. The van der Waals surface area contributed by atoms with Crippen LogP contribution in [0.4, 0.5) is 13.2 Å². The SMILES string of the molecule is O=C(NN1CCCCC1)c1nn(-c2ccc(Cl)cc2Cl)c(-c2ccc(C#Cc3ccc(C(F)(F)F)cc3)s2)c1CN(N1CC[C@@H](O)C1)S(=O)O. The number of aliphatic hydroxyl groups excluding tert-OH is 1. The Labute approximate surface area is 302 Å². The number of β-amino-alcohol motifs (C(OH)–C–C–N with tert-alkyl or cyclic N) is 1. The number of hydrogen-bond acceptors (Lipinski definition) is 7. The minimum atomic E-state index is -4.46. The largest absolute Gasteiger partial charge is 0.416 e. The zero-order valence-electron chi connectivity index (χ0n) is 26.3. The van der Waals surface area contributed by atoms with Crippen LogP contribution in [0.5, 0.6) is 0 Å². The van der Waals surface area contributed by atoms with Crippen molar-refractivity contribution in [3.63, 3.8) is 0 Å². The molecule has 2 fully saturated rings. The van der Waals surface area contributed by atoms with Gasteiger partial charge in [-0.05, 0) is 73.9 Å². The van der Waals surface area contributed by atoms with Gasteiger partial charge in [0.2, 0.25) is 11.3 Å². The maximum absolute atomic E-state index is 14.0. The van der Waals surface area contributed by atoms with Gasteiger partial charge in [0.05, 0.1) is 44.4 Å². The highest BCUT2D eigenvalue weighted by molar-refractivity contribution is 7.76. The number of hydrazine groups is 2. The standard InChI is InChI=1S/C33H31Cl2F3N6O4S2/c34-23-9-12-28(27(35)18-23)44-31(29-13-11-25(49-29)10-6-21-4-7-22(8-5-21)33(36,37)38)26(20-43(50(47)48)42-17-14-24(45)19-42)30(39-44)32(46)40-41-15-2-1-3-16-41/h4-5,7-9,11-13,18,24,45H,1-3,14-17,19-20H2,(H,40,46)(H,47,48)/t24-/m1/s1. The number of thiophene rings is 1. The molecule has 264 valence electrons. The first-order valence-corrected chi connectivity index (χ1v) is 18.2. The molecule has 2 aliphatic heterocycles. The number of halogens is 5. The third kappa shape index (κ3) is 8.42. The second kappa shape index (κ2) is 15.5. The zero-order chi connectivity index (χ0) is 35.6. The third-order valence-electron chi connectivity index (χ3n) is 8.26. The Morgan fingerprint density at radius 3 is 2.44 bits per heavy atom. The first-order chi connectivity index (χ1) is 23.9. The lowest BCUT2D eigenvalue weighted by Gasteiger charge is -2.28. The van der Waals surface area contributed by atoms with Gasteiger partial charge in [-0.2, -0.15) is 18.3 Å². The number of nitrogens with one attached hydrogen (secondary N) is 1. The van der Waals surface area contributed by atoms with E-state index >= 15 is 0 Å². The summed E-state index contributed by atoms with van der Waals surface area (Å²) < 4.78 is 65.0. The molecule has 2 atom stereocenters. The first kappa shape index (κ1) is 36.5. The van der Waals surface area contributed by atoms with Gasteiger partial charge in [-0.15, -0.1) is 15.8 Å². The molecule has 4 aromatic rings. The Balaban J connectivity index is 1.46. The quantitative estimate of drug-likeness (QED) is 0.141. The summed E-state index contributed by atoms with van der Waals surface area (Å²) in [7, 11) is 0. The lowest BCUT2D eigenvalue weighted by atomic mass is 10.1. The molecule has 10 nitrogen and oxygen atoms in total. The second-order valence-corrected chi connectivity index (χ2v) is 14.6. The molecule has 6 rings (SSSR count). The summed E-state index contributed by atoms with van der Waals surface area (Å²) in [4.78, 5) is 15.1. The van der Waals surface area contributed by atoms with Crippen LogP contribution in [0.2, 0.25) is 10.0 Å². The van der Waals surface area contributed by atoms with Crippen molar-refractivity contribution in [2.24, 2.45) is 0 Å². The monoisotopic (exact) mass is 766 g/mol. The number of rotatable bonds is 8. The van der Waals surface area contributed by atoms with Gasteiger partial charge in [0.15, 0.2) is 5.69 Å². The Morgan fingerprint density at radius 2 is 1.80 bits per heavy atom. The highest BCUT2D eigenvalue weighted by Gasteiger charge is 2.34. The van der Waals surface area contributed by atoms with E-state index in [-0.39, 0.29) is 23.8 Å². The maximum Gasteiger partial charge on any atom is 0.416 e. The van der Waals surface area contributed by atoms with E-state index in [1.54, 1.807) is 29.3 Å². The predicted molar refractivity (Wildman–Crippen MR) is 186 cm³/mol. The van der Waals surface area contributed by atoms with Crippen molar-refractivity contribution in [3.05, 3.63) is 91.9 Å². The number of nitrogens with zero attached hydrogens (tertiary/aromatic N) is 5. The lowest BCUT2D eigenvalue weighted by molar-refractivity contribution is -0.137. The van der Waals surface area contributed by atoms with E-state index in [0.717, 1.165) is 31.4 Å². The van der Waals surface area contributed by atoms with Crippen LogP contribution in [0, 0.1) is 11.8 Å². The normalized spacial score (nSPS) is 17.9. The average molecular weight is 768 g/mol. The molecular formula is C33H31Cl2F3N6O4S2. The molecule has 2 aromatic carbocycles. The molecule has 0 saturated carbocycles. The number of aromatic nitrogens is 2. The zero-order valence-corrected chi connectivity index (χ0v) is 29.4. The minimum absolute atomic E-state index is 0.00225. The summed E-state index contributed by atoms with van der Waals surface area (Å²) in [5, 5.41) is 19.0. The molecule has 1 unspecified atom stereocenters. The molecule has 4 heterocycles. The highest BCUT2D eigenvalue weighted by Crippen LogP contribution is 2.38. The van der Waals surface area contributed by atoms with E-state index in [1.165, 1.54) is 38.6 Å². The number of piperidine rings is 1. The number of alkyl halides is 3. The first-order valence-electron chi connectivity index (χ1n) is 15.6. The summed E-state index contributed by atoms with van der Waals surface area (Å²) in [6, 6.07) is 12.8. The fourth-order valence-electron chi connectivity index (χ4n) is 5.79. The summed E-state index contributed by atoms with van der Waals surface area (Å²) >= 11 is 11.6. The predicted octanol–water partition coefficient (Wildman–Crippen LogP) is 6.38. The number of aliphatic hydroxyl groups is 1. The summed E-state index contributed by atoms with van der Waals surface area (Å²) in [5.74, 6) is 5.37. The molecule has 50 heavy (non-hydrogen) atoms. The van der Waals surface area contributed by atoms with Gasteiger partial charge in [-0.1, -0.05) is 41.5 Å². The van der Waals surface area contributed by atoms with Crippen LogP contribution in [0.3, 0.4) is 0 Å². The number of hydrogen-bond donors (Lipinski definition) is 3. The van der Waals surface area contributed by atoms with E-state index in [9.17, 15) is 31.8 Å². The molecule has 17 heteroatoms. The molecule has 2 aliphatic rings. The van der Waals surface area contributed by atoms with Gasteiger partial charge >= 0.3 is 6.18 Å². The van der Waals surface area contributed by atoms with Crippen LogP contribution in [-0.4, -0.2) is 76.3 Å². The van der Waals surface area contributed by atoms with Crippen LogP contribution in [0.25, 0.3) is 16.3 Å². The summed E-state index contributed by atoms with van der Waals surface area (Å²) in [6.07, 6.45) is -1.89. The number of benzene rings is 2. The van der Waals surface area contributed by atoms with Gasteiger partial charge < -0.3 is 5.11 Å². The fraction of sp³-hybridized carbons (Fsp3) is 0.333. The molecule has 3 N–H and O–H groups in total. The Morgan fingerprint density at radius 1 is 1.06 bits per heavy atom. The van der Waals surface area contributed by atoms with Crippen molar-refractivity contribution < 1.29 is 31.8 Å². The topological polar surface area (TPSA) is 114 Å². The molecule has 0 aliphatic carbocycles.